The second-order valence-corrected chi connectivity index (χ2v) is 12.4. The van der Waals surface area contributed by atoms with Crippen LogP contribution in [0, 0.1) is 11.8 Å². The molecule has 0 aromatic heterocycles. The van der Waals surface area contributed by atoms with E-state index in [-0.39, 0.29) is 18.9 Å². The zero-order valence-electron chi connectivity index (χ0n) is 26.9. The zero-order valence-corrected chi connectivity index (χ0v) is 26.9. The van der Waals surface area contributed by atoms with E-state index in [0.717, 1.165) is 31.4 Å². The maximum absolute atomic E-state index is 15.7. The van der Waals surface area contributed by atoms with Gasteiger partial charge in [0.05, 0.1) is 18.8 Å². The van der Waals surface area contributed by atoms with Gasteiger partial charge in [0.25, 0.3) is 0 Å². The van der Waals surface area contributed by atoms with Crippen molar-refractivity contribution in [3.63, 3.8) is 0 Å². The predicted octanol–water partition coefficient (Wildman–Crippen LogP) is 9.98. The lowest BCUT2D eigenvalue weighted by atomic mass is 9.74. The predicted molar refractivity (Wildman–Crippen MR) is 173 cm³/mol. The molecule has 0 spiro atoms. The molecule has 0 aliphatic heterocycles. The molecule has 2 atom stereocenters. The molecule has 0 heterocycles. The molecule has 1 N–H and O–H groups in total. The lowest BCUT2D eigenvalue weighted by molar-refractivity contribution is -0.158. The van der Waals surface area contributed by atoms with Crippen molar-refractivity contribution in [3.05, 3.63) is 54.1 Å². The standard InChI is InChI=1S/C37H53FO6/c1-3-5-6-7-8-9-10-11-15-26-42-32-20-18-30(19-21-32)35(39)44-34-24-22-33(23-25-34)43-28-29(4-2)27-37(38,36(40)41)31-16-13-12-14-17-31/h18-25,29,31H,3-17,26-28H2,1-2H3,(H,40,41)/t29?,37-/m0/s1. The van der Waals surface area contributed by atoms with Gasteiger partial charge in [-0.1, -0.05) is 84.5 Å². The number of benzene rings is 2. The summed E-state index contributed by atoms with van der Waals surface area (Å²) in [6, 6.07) is 13.7. The molecule has 2 aromatic carbocycles. The molecule has 1 fully saturated rings. The number of rotatable bonds is 21. The Hall–Kier alpha value is -3.09. The zero-order chi connectivity index (χ0) is 31.6. The molecule has 244 valence electrons. The minimum absolute atomic E-state index is 0.0533. The molecule has 0 amide bonds. The second kappa shape index (κ2) is 19.3. The molecule has 0 saturated heterocycles. The Morgan fingerprint density at radius 1 is 0.795 bits per heavy atom. The van der Waals surface area contributed by atoms with Crippen LogP contribution in [0.5, 0.6) is 17.2 Å². The molecule has 1 saturated carbocycles. The number of unbranched alkanes of at least 4 members (excludes halogenated alkanes) is 8. The summed E-state index contributed by atoms with van der Waals surface area (Å²) >= 11 is 0. The van der Waals surface area contributed by atoms with Crippen molar-refractivity contribution in [1.29, 1.82) is 0 Å². The van der Waals surface area contributed by atoms with Gasteiger partial charge >= 0.3 is 11.9 Å². The van der Waals surface area contributed by atoms with Gasteiger partial charge in [0.15, 0.2) is 0 Å². The van der Waals surface area contributed by atoms with Gasteiger partial charge in [-0.05, 0) is 86.6 Å². The van der Waals surface area contributed by atoms with E-state index >= 15 is 4.39 Å². The van der Waals surface area contributed by atoms with Crippen LogP contribution in [0.4, 0.5) is 4.39 Å². The Labute approximate surface area is 263 Å². The van der Waals surface area contributed by atoms with E-state index in [1.807, 2.05) is 6.92 Å². The molecular formula is C37H53FO6. The first kappa shape index (κ1) is 35.4. The van der Waals surface area contributed by atoms with E-state index in [2.05, 4.69) is 6.92 Å². The number of hydrogen-bond acceptors (Lipinski definition) is 5. The molecule has 0 bridgehead atoms. The number of halogens is 1. The first-order valence-corrected chi connectivity index (χ1v) is 17.0. The van der Waals surface area contributed by atoms with E-state index in [0.29, 0.717) is 42.9 Å². The highest BCUT2D eigenvalue weighted by molar-refractivity contribution is 5.91. The van der Waals surface area contributed by atoms with Crippen molar-refractivity contribution >= 4 is 11.9 Å². The van der Waals surface area contributed by atoms with Crippen LogP contribution in [-0.2, 0) is 4.79 Å². The molecule has 6 nitrogen and oxygen atoms in total. The number of alkyl halides is 1. The summed E-state index contributed by atoms with van der Waals surface area (Å²) in [5.41, 5.74) is -1.79. The third-order valence-corrected chi connectivity index (χ3v) is 8.90. The van der Waals surface area contributed by atoms with E-state index < -0.39 is 23.5 Å². The van der Waals surface area contributed by atoms with Crippen LogP contribution in [0.3, 0.4) is 0 Å². The minimum Gasteiger partial charge on any atom is -0.494 e. The van der Waals surface area contributed by atoms with Gasteiger partial charge in [-0.25, -0.2) is 14.0 Å². The lowest BCUT2D eigenvalue weighted by Gasteiger charge is -2.35. The third-order valence-electron chi connectivity index (χ3n) is 8.90. The van der Waals surface area contributed by atoms with Crippen LogP contribution >= 0.6 is 0 Å². The average Bonchev–Trinajstić information content (AvgIpc) is 3.05. The SMILES string of the molecule is CCCCCCCCCCCOc1ccc(C(=O)Oc2ccc(OCC(CC)C[C@@](F)(C(=O)O)C3CCCCC3)cc2)cc1. The summed E-state index contributed by atoms with van der Waals surface area (Å²) in [4.78, 5) is 24.6. The van der Waals surface area contributed by atoms with Gasteiger partial charge in [-0.3, -0.25) is 0 Å². The van der Waals surface area contributed by atoms with Gasteiger partial charge in [0, 0.05) is 5.92 Å². The molecule has 1 aliphatic rings. The Balaban J connectivity index is 1.38. The van der Waals surface area contributed by atoms with Crippen molar-refractivity contribution in [2.75, 3.05) is 13.2 Å². The summed E-state index contributed by atoms with van der Waals surface area (Å²) in [7, 11) is 0. The fourth-order valence-corrected chi connectivity index (χ4v) is 6.00. The number of esters is 1. The Bertz CT molecular complexity index is 1100. The van der Waals surface area contributed by atoms with E-state index in [9.17, 15) is 14.7 Å². The molecule has 2 aromatic rings. The second-order valence-electron chi connectivity index (χ2n) is 12.4. The molecule has 7 heteroatoms. The van der Waals surface area contributed by atoms with Gasteiger partial charge < -0.3 is 19.3 Å². The quantitative estimate of drug-likeness (QED) is 0.0858. The Morgan fingerprint density at radius 3 is 1.93 bits per heavy atom. The van der Waals surface area contributed by atoms with Crippen LogP contribution in [0.1, 0.15) is 127 Å². The summed E-state index contributed by atoms with van der Waals surface area (Å²) in [5, 5.41) is 9.74. The van der Waals surface area contributed by atoms with Crippen LogP contribution in [0.15, 0.2) is 48.5 Å². The smallest absolute Gasteiger partial charge is 0.343 e. The molecule has 3 rings (SSSR count). The number of hydrogen-bond donors (Lipinski definition) is 1. The molecule has 44 heavy (non-hydrogen) atoms. The number of carbonyl (C=O) groups is 2. The van der Waals surface area contributed by atoms with Crippen molar-refractivity contribution in [2.45, 2.75) is 122 Å². The number of carboxylic acid groups (broad SMARTS) is 1. The van der Waals surface area contributed by atoms with Gasteiger partial charge in [0.1, 0.15) is 17.2 Å². The lowest BCUT2D eigenvalue weighted by Crippen LogP contribution is -2.44. The first-order chi connectivity index (χ1) is 21.4. The third kappa shape index (κ3) is 11.8. The molecule has 1 unspecified atom stereocenters. The van der Waals surface area contributed by atoms with Gasteiger partial charge in [0.2, 0.25) is 5.67 Å². The maximum Gasteiger partial charge on any atom is 0.343 e. The highest BCUT2D eigenvalue weighted by Gasteiger charge is 2.47. The molecule has 1 aliphatic carbocycles. The highest BCUT2D eigenvalue weighted by Crippen LogP contribution is 2.40. The average molecular weight is 613 g/mol. The summed E-state index contributed by atoms with van der Waals surface area (Å²) in [6.45, 7) is 5.05. The fourth-order valence-electron chi connectivity index (χ4n) is 6.00. The summed E-state index contributed by atoms with van der Waals surface area (Å²) < 4.78 is 33.0. The summed E-state index contributed by atoms with van der Waals surface area (Å²) in [5.74, 6) is -0.825. The number of carbonyl (C=O) groups excluding carboxylic acids is 1. The van der Waals surface area contributed by atoms with E-state index in [4.69, 9.17) is 14.2 Å². The van der Waals surface area contributed by atoms with E-state index in [1.54, 1.807) is 48.5 Å². The van der Waals surface area contributed by atoms with Crippen LogP contribution in [-0.4, -0.2) is 35.9 Å². The van der Waals surface area contributed by atoms with Crippen LogP contribution in [0.2, 0.25) is 0 Å². The number of ether oxygens (including phenoxy) is 3. The molecular weight excluding hydrogens is 559 g/mol. The van der Waals surface area contributed by atoms with E-state index in [1.165, 1.54) is 51.4 Å². The van der Waals surface area contributed by atoms with Crippen molar-refractivity contribution < 1.29 is 33.3 Å². The fraction of sp³-hybridized carbons (Fsp3) is 0.622. The summed E-state index contributed by atoms with van der Waals surface area (Å²) in [6.07, 6.45) is 16.0. The topological polar surface area (TPSA) is 82.1 Å². The van der Waals surface area contributed by atoms with Crippen LogP contribution in [0.25, 0.3) is 0 Å². The largest absolute Gasteiger partial charge is 0.494 e. The minimum atomic E-state index is -2.22. The maximum atomic E-state index is 15.7. The normalized spacial score (nSPS) is 15.7. The number of aliphatic carboxylic acids is 1. The van der Waals surface area contributed by atoms with Crippen molar-refractivity contribution in [1.82, 2.24) is 0 Å². The Morgan fingerprint density at radius 2 is 1.34 bits per heavy atom. The monoisotopic (exact) mass is 612 g/mol. The van der Waals surface area contributed by atoms with Crippen molar-refractivity contribution in [3.8, 4) is 17.2 Å². The van der Waals surface area contributed by atoms with Crippen LogP contribution < -0.4 is 14.2 Å². The number of carboxylic acids is 1. The highest BCUT2D eigenvalue weighted by atomic mass is 19.1. The first-order valence-electron chi connectivity index (χ1n) is 17.0. The molecule has 0 radical (unpaired) electrons. The van der Waals surface area contributed by atoms with Gasteiger partial charge in [-0.15, -0.1) is 0 Å². The van der Waals surface area contributed by atoms with Crippen molar-refractivity contribution in [2.24, 2.45) is 11.8 Å². The Kier molecular flexibility index (Phi) is 15.5. The van der Waals surface area contributed by atoms with Gasteiger partial charge in [-0.2, -0.15) is 0 Å².